The van der Waals surface area contributed by atoms with Crippen molar-refractivity contribution in [3.05, 3.63) is 29.3 Å². The zero-order chi connectivity index (χ0) is 11.3. The number of hydrogen-bond acceptors (Lipinski definition) is 3. The first kappa shape index (κ1) is 12.6. The van der Waals surface area contributed by atoms with Gasteiger partial charge in [-0.2, -0.15) is 0 Å². The molecule has 0 unspecified atom stereocenters. The molecule has 0 bridgehead atoms. The van der Waals surface area contributed by atoms with Crippen LogP contribution in [-0.2, 0) is 6.54 Å². The highest BCUT2D eigenvalue weighted by atomic mass is 32.2. The summed E-state index contributed by atoms with van der Waals surface area (Å²) in [7, 11) is 4.20. The quantitative estimate of drug-likeness (QED) is 0.777. The highest BCUT2D eigenvalue weighted by Gasteiger charge is 1.99. The van der Waals surface area contributed by atoms with Gasteiger partial charge in [-0.05, 0) is 44.3 Å². The van der Waals surface area contributed by atoms with Gasteiger partial charge in [0.05, 0.1) is 0 Å². The highest BCUT2D eigenvalue weighted by molar-refractivity contribution is 7.99. The minimum Gasteiger partial charge on any atom is -0.326 e. The molecule has 0 fully saturated rings. The Balaban J connectivity index is 2.52. The molecular weight excluding hydrogens is 204 g/mol. The van der Waals surface area contributed by atoms with E-state index >= 15 is 0 Å². The Hall–Kier alpha value is -0.510. The van der Waals surface area contributed by atoms with Crippen LogP contribution in [0.15, 0.2) is 23.1 Å². The fourth-order valence-corrected chi connectivity index (χ4v) is 2.45. The van der Waals surface area contributed by atoms with Crippen LogP contribution in [0.5, 0.6) is 0 Å². The first-order chi connectivity index (χ1) is 7.13. The van der Waals surface area contributed by atoms with Gasteiger partial charge in [0.1, 0.15) is 0 Å². The minimum absolute atomic E-state index is 0.633. The second-order valence-electron chi connectivity index (χ2n) is 3.94. The number of hydrogen-bond donors (Lipinski definition) is 1. The van der Waals surface area contributed by atoms with E-state index in [1.165, 1.54) is 16.0 Å². The highest BCUT2D eigenvalue weighted by Crippen LogP contribution is 2.20. The molecule has 0 saturated heterocycles. The van der Waals surface area contributed by atoms with Gasteiger partial charge in [-0.3, -0.25) is 0 Å². The van der Waals surface area contributed by atoms with E-state index in [0.717, 1.165) is 12.3 Å². The van der Waals surface area contributed by atoms with E-state index in [2.05, 4.69) is 44.1 Å². The van der Waals surface area contributed by atoms with Crippen molar-refractivity contribution in [2.45, 2.75) is 18.4 Å². The number of benzene rings is 1. The second-order valence-corrected chi connectivity index (χ2v) is 5.11. The first-order valence-electron chi connectivity index (χ1n) is 5.20. The van der Waals surface area contributed by atoms with Crippen molar-refractivity contribution in [1.29, 1.82) is 0 Å². The fourth-order valence-electron chi connectivity index (χ4n) is 1.33. The molecule has 2 N–H and O–H groups in total. The molecule has 1 aromatic carbocycles. The Morgan fingerprint density at radius 3 is 2.60 bits per heavy atom. The van der Waals surface area contributed by atoms with Crippen LogP contribution in [0.25, 0.3) is 0 Å². The van der Waals surface area contributed by atoms with Crippen LogP contribution in [-0.4, -0.2) is 31.3 Å². The molecule has 0 aromatic heterocycles. The molecule has 0 atom stereocenters. The Bertz CT molecular complexity index is 310. The van der Waals surface area contributed by atoms with Crippen LogP contribution in [0.2, 0.25) is 0 Å². The van der Waals surface area contributed by atoms with E-state index in [9.17, 15) is 0 Å². The average Bonchev–Trinajstić information content (AvgIpc) is 2.17. The van der Waals surface area contributed by atoms with Gasteiger partial charge in [0.15, 0.2) is 0 Å². The predicted octanol–water partition coefficient (Wildman–Crippen LogP) is 2.11. The van der Waals surface area contributed by atoms with E-state index in [-0.39, 0.29) is 0 Å². The van der Waals surface area contributed by atoms with E-state index in [4.69, 9.17) is 5.73 Å². The van der Waals surface area contributed by atoms with Crippen molar-refractivity contribution in [2.75, 3.05) is 26.4 Å². The summed E-state index contributed by atoms with van der Waals surface area (Å²) in [6.07, 6.45) is 0. The fraction of sp³-hybridized carbons (Fsp3) is 0.500. The van der Waals surface area contributed by atoms with Gasteiger partial charge in [-0.15, -0.1) is 11.8 Å². The van der Waals surface area contributed by atoms with Crippen molar-refractivity contribution < 1.29 is 0 Å². The summed E-state index contributed by atoms with van der Waals surface area (Å²) >= 11 is 1.90. The van der Waals surface area contributed by atoms with Crippen molar-refractivity contribution in [2.24, 2.45) is 5.73 Å². The molecule has 1 aromatic rings. The van der Waals surface area contributed by atoms with Gasteiger partial charge in [-0.1, -0.05) is 6.07 Å². The van der Waals surface area contributed by atoms with Crippen LogP contribution in [0.3, 0.4) is 0 Å². The van der Waals surface area contributed by atoms with Crippen molar-refractivity contribution >= 4 is 11.8 Å². The third-order valence-corrected chi connectivity index (χ3v) is 3.32. The van der Waals surface area contributed by atoms with E-state index < -0.39 is 0 Å². The third-order valence-electron chi connectivity index (χ3n) is 2.34. The SMILES string of the molecule is Cc1cc(SCCN(C)C)ccc1CN. The second kappa shape index (κ2) is 6.16. The third kappa shape index (κ3) is 4.24. The van der Waals surface area contributed by atoms with Crippen LogP contribution >= 0.6 is 11.8 Å². The molecule has 0 heterocycles. The van der Waals surface area contributed by atoms with Crippen LogP contribution < -0.4 is 5.73 Å². The summed E-state index contributed by atoms with van der Waals surface area (Å²) in [6, 6.07) is 6.52. The van der Waals surface area contributed by atoms with Gasteiger partial charge in [-0.25, -0.2) is 0 Å². The number of nitrogens with zero attached hydrogens (tertiary/aromatic N) is 1. The lowest BCUT2D eigenvalue weighted by Crippen LogP contribution is -2.14. The van der Waals surface area contributed by atoms with E-state index in [1.807, 2.05) is 11.8 Å². The molecule has 0 saturated carbocycles. The maximum atomic E-state index is 5.63. The molecule has 0 radical (unpaired) electrons. The minimum atomic E-state index is 0.633. The lowest BCUT2D eigenvalue weighted by atomic mass is 10.1. The average molecular weight is 224 g/mol. The number of rotatable bonds is 5. The monoisotopic (exact) mass is 224 g/mol. The smallest absolute Gasteiger partial charge is 0.0180 e. The number of aryl methyl sites for hydroxylation is 1. The molecule has 0 amide bonds. The van der Waals surface area contributed by atoms with Crippen molar-refractivity contribution in [3.63, 3.8) is 0 Å². The number of nitrogens with two attached hydrogens (primary N) is 1. The van der Waals surface area contributed by atoms with Gasteiger partial charge >= 0.3 is 0 Å². The maximum Gasteiger partial charge on any atom is 0.0180 e. The summed E-state index contributed by atoms with van der Waals surface area (Å²) in [5.41, 5.74) is 8.17. The van der Waals surface area contributed by atoms with E-state index in [0.29, 0.717) is 6.54 Å². The predicted molar refractivity (Wildman–Crippen MR) is 68.3 cm³/mol. The molecule has 1 rings (SSSR count). The summed E-state index contributed by atoms with van der Waals surface area (Å²) in [5, 5.41) is 0. The molecule has 0 spiro atoms. The molecule has 0 aliphatic heterocycles. The van der Waals surface area contributed by atoms with Crippen molar-refractivity contribution in [1.82, 2.24) is 4.90 Å². The number of thioether (sulfide) groups is 1. The molecule has 2 nitrogen and oxygen atoms in total. The lowest BCUT2D eigenvalue weighted by Gasteiger charge is -2.10. The normalized spacial score (nSPS) is 11.0. The van der Waals surface area contributed by atoms with Crippen molar-refractivity contribution in [3.8, 4) is 0 Å². The molecular formula is C12H20N2S. The molecule has 0 aliphatic rings. The zero-order valence-corrected chi connectivity index (χ0v) is 10.6. The topological polar surface area (TPSA) is 29.3 Å². The Labute approximate surface area is 96.8 Å². The Morgan fingerprint density at radius 1 is 1.33 bits per heavy atom. The van der Waals surface area contributed by atoms with Gasteiger partial charge in [0, 0.05) is 23.7 Å². The molecule has 15 heavy (non-hydrogen) atoms. The molecule has 0 aliphatic carbocycles. The standard InChI is InChI=1S/C12H20N2S/c1-10-8-12(5-4-11(10)9-13)15-7-6-14(2)3/h4-5,8H,6-7,9,13H2,1-3H3. The maximum absolute atomic E-state index is 5.63. The zero-order valence-electron chi connectivity index (χ0n) is 9.79. The summed E-state index contributed by atoms with van der Waals surface area (Å²) in [4.78, 5) is 3.54. The summed E-state index contributed by atoms with van der Waals surface area (Å²) in [6.45, 7) is 3.87. The van der Waals surface area contributed by atoms with Crippen LogP contribution in [0.1, 0.15) is 11.1 Å². The van der Waals surface area contributed by atoms with Gasteiger partial charge in [0.2, 0.25) is 0 Å². The van der Waals surface area contributed by atoms with Crippen LogP contribution in [0, 0.1) is 6.92 Å². The Kier molecular flexibility index (Phi) is 5.15. The van der Waals surface area contributed by atoms with Gasteiger partial charge in [0.25, 0.3) is 0 Å². The summed E-state index contributed by atoms with van der Waals surface area (Å²) in [5.74, 6) is 1.13. The molecule has 3 heteroatoms. The van der Waals surface area contributed by atoms with E-state index in [1.54, 1.807) is 0 Å². The summed E-state index contributed by atoms with van der Waals surface area (Å²) < 4.78 is 0. The lowest BCUT2D eigenvalue weighted by molar-refractivity contribution is 0.437. The largest absolute Gasteiger partial charge is 0.326 e. The Morgan fingerprint density at radius 2 is 2.07 bits per heavy atom. The van der Waals surface area contributed by atoms with Gasteiger partial charge < -0.3 is 10.6 Å². The molecule has 84 valence electrons. The van der Waals surface area contributed by atoms with Crippen LogP contribution in [0.4, 0.5) is 0 Å². The first-order valence-corrected chi connectivity index (χ1v) is 6.19.